The average molecular weight is 246 g/mol. The Kier molecular flexibility index (Phi) is 5.92. The van der Waals surface area contributed by atoms with Crippen molar-refractivity contribution in [2.24, 2.45) is 5.73 Å². The summed E-state index contributed by atoms with van der Waals surface area (Å²) in [7, 11) is 1.64. The van der Waals surface area contributed by atoms with Crippen LogP contribution in [-0.4, -0.2) is 19.1 Å². The highest BCUT2D eigenvalue weighted by Gasteiger charge is 2.11. The van der Waals surface area contributed by atoms with Gasteiger partial charge in [-0.15, -0.1) is 12.3 Å². The number of methoxy groups -OCH3 is 1. The van der Waals surface area contributed by atoms with Gasteiger partial charge in [0.15, 0.2) is 0 Å². The molecule has 0 aromatic heterocycles. The van der Waals surface area contributed by atoms with Crippen molar-refractivity contribution in [3.05, 3.63) is 35.4 Å². The van der Waals surface area contributed by atoms with E-state index in [4.69, 9.17) is 16.9 Å². The molecule has 1 aromatic carbocycles. The molecule has 96 valence electrons. The van der Waals surface area contributed by atoms with Gasteiger partial charge in [-0.3, -0.25) is 4.79 Å². The lowest BCUT2D eigenvalue weighted by Gasteiger charge is -2.12. The smallest absolute Gasteiger partial charge is 0.238 e. The topological polar surface area (TPSA) is 64.4 Å². The van der Waals surface area contributed by atoms with Crippen LogP contribution in [0.3, 0.4) is 0 Å². The molecular weight excluding hydrogens is 228 g/mol. The predicted octanol–water partition coefficient (Wildman–Crippen LogP) is 0.800. The zero-order chi connectivity index (χ0) is 13.4. The van der Waals surface area contributed by atoms with Crippen molar-refractivity contribution >= 4 is 5.91 Å². The molecule has 4 heteroatoms. The summed E-state index contributed by atoms with van der Waals surface area (Å²) in [5.41, 5.74) is 7.67. The first-order chi connectivity index (χ1) is 8.69. The standard InChI is InChI=1S/C14H18N2O2/c1-3-6-13(15)14(17)16-9-11-7-4-5-8-12(11)10-18-2/h1,4-5,7-8,13H,6,9-10,15H2,2H3,(H,16,17). The third-order valence-electron chi connectivity index (χ3n) is 2.55. The van der Waals surface area contributed by atoms with Crippen molar-refractivity contribution in [2.45, 2.75) is 25.6 Å². The highest BCUT2D eigenvalue weighted by atomic mass is 16.5. The van der Waals surface area contributed by atoms with Crippen molar-refractivity contribution in [3.8, 4) is 12.3 Å². The zero-order valence-corrected chi connectivity index (χ0v) is 10.5. The van der Waals surface area contributed by atoms with Crippen molar-refractivity contribution in [1.82, 2.24) is 5.32 Å². The molecule has 0 aliphatic rings. The second kappa shape index (κ2) is 7.49. The van der Waals surface area contributed by atoms with Gasteiger partial charge < -0.3 is 15.8 Å². The molecule has 0 bridgehead atoms. The summed E-state index contributed by atoms with van der Waals surface area (Å²) >= 11 is 0. The maximum Gasteiger partial charge on any atom is 0.238 e. The van der Waals surface area contributed by atoms with Gasteiger partial charge in [-0.1, -0.05) is 24.3 Å². The maximum atomic E-state index is 11.6. The molecule has 0 aliphatic heterocycles. The third kappa shape index (κ3) is 4.21. The lowest BCUT2D eigenvalue weighted by atomic mass is 10.1. The number of hydrogen-bond donors (Lipinski definition) is 2. The quantitative estimate of drug-likeness (QED) is 0.730. The average Bonchev–Trinajstić information content (AvgIpc) is 2.38. The van der Waals surface area contributed by atoms with Gasteiger partial charge in [-0.05, 0) is 11.1 Å². The first-order valence-corrected chi connectivity index (χ1v) is 5.71. The van der Waals surface area contributed by atoms with E-state index in [0.29, 0.717) is 13.2 Å². The molecular formula is C14H18N2O2. The highest BCUT2D eigenvalue weighted by Crippen LogP contribution is 2.09. The van der Waals surface area contributed by atoms with Crippen LogP contribution in [-0.2, 0) is 22.7 Å². The predicted molar refractivity (Wildman–Crippen MR) is 70.4 cm³/mol. The van der Waals surface area contributed by atoms with Crippen LogP contribution < -0.4 is 11.1 Å². The summed E-state index contributed by atoms with van der Waals surface area (Å²) in [5.74, 6) is 2.14. The molecule has 0 spiro atoms. The van der Waals surface area contributed by atoms with E-state index in [1.165, 1.54) is 0 Å². The zero-order valence-electron chi connectivity index (χ0n) is 10.5. The van der Waals surface area contributed by atoms with Gasteiger partial charge in [-0.2, -0.15) is 0 Å². The number of rotatable bonds is 6. The van der Waals surface area contributed by atoms with Crippen molar-refractivity contribution in [3.63, 3.8) is 0 Å². The number of carbonyl (C=O) groups is 1. The number of nitrogens with two attached hydrogens (primary N) is 1. The minimum Gasteiger partial charge on any atom is -0.380 e. The van der Waals surface area contributed by atoms with E-state index >= 15 is 0 Å². The molecule has 0 saturated carbocycles. The van der Waals surface area contributed by atoms with Gasteiger partial charge in [0.1, 0.15) is 0 Å². The first-order valence-electron chi connectivity index (χ1n) is 5.71. The monoisotopic (exact) mass is 246 g/mol. The fourth-order valence-electron chi connectivity index (χ4n) is 1.56. The van der Waals surface area contributed by atoms with Crippen LogP contribution in [0.2, 0.25) is 0 Å². The summed E-state index contributed by atoms with van der Waals surface area (Å²) in [6, 6.07) is 7.11. The van der Waals surface area contributed by atoms with Crippen LogP contribution in [0.4, 0.5) is 0 Å². The maximum absolute atomic E-state index is 11.6. The van der Waals surface area contributed by atoms with E-state index in [1.807, 2.05) is 24.3 Å². The highest BCUT2D eigenvalue weighted by molar-refractivity contribution is 5.81. The Hall–Kier alpha value is -1.83. The fraction of sp³-hybridized carbons (Fsp3) is 0.357. The number of hydrogen-bond acceptors (Lipinski definition) is 3. The van der Waals surface area contributed by atoms with Crippen LogP contribution in [0.15, 0.2) is 24.3 Å². The van der Waals surface area contributed by atoms with E-state index < -0.39 is 6.04 Å². The van der Waals surface area contributed by atoms with Crippen molar-refractivity contribution in [1.29, 1.82) is 0 Å². The Bertz CT molecular complexity index is 438. The lowest BCUT2D eigenvalue weighted by Crippen LogP contribution is -2.40. The molecule has 1 aromatic rings. The number of carbonyl (C=O) groups excluding carboxylic acids is 1. The summed E-state index contributed by atoms with van der Waals surface area (Å²) in [4.78, 5) is 11.6. The Morgan fingerprint density at radius 3 is 2.78 bits per heavy atom. The summed E-state index contributed by atoms with van der Waals surface area (Å²) in [6.45, 7) is 0.944. The summed E-state index contributed by atoms with van der Waals surface area (Å²) < 4.78 is 5.10. The minimum atomic E-state index is -0.649. The molecule has 1 unspecified atom stereocenters. The van der Waals surface area contributed by atoms with Crippen LogP contribution in [0.5, 0.6) is 0 Å². The van der Waals surface area contributed by atoms with Crippen molar-refractivity contribution < 1.29 is 9.53 Å². The second-order valence-corrected chi connectivity index (χ2v) is 3.93. The fourth-order valence-corrected chi connectivity index (χ4v) is 1.56. The molecule has 1 atom stereocenters. The third-order valence-corrected chi connectivity index (χ3v) is 2.55. The summed E-state index contributed by atoms with van der Waals surface area (Å²) in [6.07, 6.45) is 5.35. The van der Waals surface area contributed by atoms with Crippen LogP contribution >= 0.6 is 0 Å². The molecule has 0 radical (unpaired) electrons. The normalized spacial score (nSPS) is 11.6. The van der Waals surface area contributed by atoms with Gasteiger partial charge in [-0.25, -0.2) is 0 Å². The molecule has 0 fully saturated rings. The van der Waals surface area contributed by atoms with Gasteiger partial charge >= 0.3 is 0 Å². The molecule has 0 heterocycles. The van der Waals surface area contributed by atoms with Gasteiger partial charge in [0.25, 0.3) is 0 Å². The summed E-state index contributed by atoms with van der Waals surface area (Å²) in [5, 5.41) is 2.77. The van der Waals surface area contributed by atoms with Gasteiger partial charge in [0.2, 0.25) is 5.91 Å². The number of nitrogens with one attached hydrogen (secondary N) is 1. The van der Waals surface area contributed by atoms with Crippen LogP contribution in [0.25, 0.3) is 0 Å². The molecule has 18 heavy (non-hydrogen) atoms. The Balaban J connectivity index is 2.58. The SMILES string of the molecule is C#CCC(N)C(=O)NCc1ccccc1COC. The molecule has 1 amide bonds. The van der Waals surface area contributed by atoms with Gasteiger partial charge in [0.05, 0.1) is 12.6 Å². The Morgan fingerprint density at radius 2 is 2.17 bits per heavy atom. The van der Waals surface area contributed by atoms with E-state index in [1.54, 1.807) is 7.11 Å². The van der Waals surface area contributed by atoms with E-state index in [-0.39, 0.29) is 12.3 Å². The largest absolute Gasteiger partial charge is 0.380 e. The number of ether oxygens (including phenoxy) is 1. The van der Waals surface area contributed by atoms with Gasteiger partial charge in [0, 0.05) is 20.1 Å². The number of benzene rings is 1. The van der Waals surface area contributed by atoms with E-state index in [9.17, 15) is 4.79 Å². The van der Waals surface area contributed by atoms with Crippen LogP contribution in [0.1, 0.15) is 17.5 Å². The molecule has 0 aliphatic carbocycles. The molecule has 4 nitrogen and oxygen atoms in total. The Labute approximate surface area is 108 Å². The minimum absolute atomic E-state index is 0.236. The van der Waals surface area contributed by atoms with E-state index in [2.05, 4.69) is 11.2 Å². The molecule has 1 rings (SSSR count). The van der Waals surface area contributed by atoms with E-state index in [0.717, 1.165) is 11.1 Å². The Morgan fingerprint density at radius 1 is 1.50 bits per heavy atom. The molecule has 3 N–H and O–H groups in total. The second-order valence-electron chi connectivity index (χ2n) is 3.93. The molecule has 0 saturated heterocycles. The number of terminal acetylenes is 1. The van der Waals surface area contributed by atoms with Crippen LogP contribution in [0, 0.1) is 12.3 Å². The number of amides is 1. The lowest BCUT2D eigenvalue weighted by molar-refractivity contribution is -0.122. The first kappa shape index (κ1) is 14.2. The van der Waals surface area contributed by atoms with Crippen molar-refractivity contribution in [2.75, 3.05) is 7.11 Å².